The molecule has 0 bridgehead atoms. The topological polar surface area (TPSA) is 63.2 Å². The molecular weight excluding hydrogens is 311 g/mol. The first-order valence-corrected chi connectivity index (χ1v) is 7.23. The number of rotatable bonds is 3. The van der Waals surface area contributed by atoms with Crippen molar-refractivity contribution < 1.29 is 22.7 Å². The van der Waals surface area contributed by atoms with Gasteiger partial charge in [0.15, 0.2) is 0 Å². The van der Waals surface area contributed by atoms with Gasteiger partial charge in [0, 0.05) is 25.4 Å². The van der Waals surface area contributed by atoms with Crippen LogP contribution >= 0.6 is 0 Å². The zero-order chi connectivity index (χ0) is 18.3. The van der Waals surface area contributed by atoms with Crippen LogP contribution in [0.4, 0.5) is 23.8 Å². The minimum Gasteiger partial charge on any atom is -0.444 e. The Bertz CT molecular complexity index is 512. The molecule has 0 saturated carbocycles. The van der Waals surface area contributed by atoms with Crippen LogP contribution in [-0.4, -0.2) is 23.7 Å². The number of halogens is 3. The largest absolute Gasteiger partial charge is 0.444 e. The first kappa shape index (κ1) is 21.0. The molecule has 1 heterocycles. The van der Waals surface area contributed by atoms with Crippen molar-refractivity contribution in [2.45, 2.75) is 52.9 Å². The second-order valence-electron chi connectivity index (χ2n) is 5.33. The highest BCUT2D eigenvalue weighted by Crippen LogP contribution is 2.30. The normalized spacial score (nSPS) is 11.2. The van der Waals surface area contributed by atoms with E-state index in [0.717, 1.165) is 12.3 Å². The Hall–Kier alpha value is -1.99. The molecule has 5 nitrogen and oxygen atoms in total. The number of ether oxygens (including phenoxy) is 1. The van der Waals surface area contributed by atoms with Gasteiger partial charge in [0.25, 0.3) is 0 Å². The summed E-state index contributed by atoms with van der Waals surface area (Å²) >= 11 is 0. The van der Waals surface area contributed by atoms with Gasteiger partial charge in [-0.25, -0.2) is 9.78 Å². The van der Waals surface area contributed by atoms with E-state index in [1.54, 1.807) is 20.8 Å². The Morgan fingerprint density at radius 2 is 1.83 bits per heavy atom. The number of alkyl carbamates (subject to hydrolysis) is 1. The Morgan fingerprint density at radius 3 is 2.26 bits per heavy atom. The molecule has 1 amide bonds. The van der Waals surface area contributed by atoms with E-state index in [1.165, 1.54) is 7.05 Å². The Morgan fingerprint density at radius 1 is 1.26 bits per heavy atom. The predicted octanol–water partition coefficient (Wildman–Crippen LogP) is 4.19. The van der Waals surface area contributed by atoms with Crippen LogP contribution in [0, 0.1) is 0 Å². The molecular formula is C15H24F3N3O2. The lowest BCUT2D eigenvalue weighted by Gasteiger charge is -2.20. The molecule has 2 N–H and O–H groups in total. The molecule has 0 saturated heterocycles. The number of hydrogen-bond acceptors (Lipinski definition) is 4. The number of hydrogen-bond donors (Lipinski definition) is 2. The van der Waals surface area contributed by atoms with Crippen molar-refractivity contribution in [2.75, 3.05) is 12.4 Å². The summed E-state index contributed by atoms with van der Waals surface area (Å²) in [7, 11) is 1.53. The third-order valence-electron chi connectivity index (χ3n) is 2.35. The van der Waals surface area contributed by atoms with E-state index in [-0.39, 0.29) is 17.9 Å². The van der Waals surface area contributed by atoms with Crippen LogP contribution in [0.5, 0.6) is 0 Å². The van der Waals surface area contributed by atoms with Crippen molar-refractivity contribution in [1.82, 2.24) is 10.3 Å². The van der Waals surface area contributed by atoms with Crippen LogP contribution in [0.1, 0.15) is 45.7 Å². The molecule has 1 aromatic heterocycles. The van der Waals surface area contributed by atoms with E-state index in [0.29, 0.717) is 0 Å². The average molecular weight is 335 g/mol. The fourth-order valence-corrected chi connectivity index (χ4v) is 1.51. The summed E-state index contributed by atoms with van der Waals surface area (Å²) in [6, 6.07) is 0.941. The SMILES string of the molecule is CC.CNc1ncc(C(F)(F)F)cc1CNC(=O)OC(C)(C)C. The molecule has 8 heteroatoms. The van der Waals surface area contributed by atoms with Gasteiger partial charge < -0.3 is 15.4 Å². The third kappa shape index (κ3) is 7.71. The number of amides is 1. The smallest absolute Gasteiger partial charge is 0.417 e. The van der Waals surface area contributed by atoms with Gasteiger partial charge in [-0.3, -0.25) is 0 Å². The molecule has 0 aliphatic carbocycles. The molecule has 0 aliphatic heterocycles. The lowest BCUT2D eigenvalue weighted by atomic mass is 10.1. The minimum atomic E-state index is -4.49. The number of nitrogens with one attached hydrogen (secondary N) is 2. The summed E-state index contributed by atoms with van der Waals surface area (Å²) in [5.74, 6) is 0.263. The standard InChI is InChI=1S/C13H18F3N3O2.C2H6/c1-12(2,3)21-11(20)19-6-8-5-9(13(14,15)16)7-18-10(8)17-4;1-2/h5,7H,6H2,1-4H3,(H,17,18)(H,19,20);1-2H3. The summed E-state index contributed by atoms with van der Waals surface area (Å²) in [6.45, 7) is 8.95. The maximum Gasteiger partial charge on any atom is 0.417 e. The van der Waals surface area contributed by atoms with E-state index < -0.39 is 23.4 Å². The lowest BCUT2D eigenvalue weighted by molar-refractivity contribution is -0.137. The van der Waals surface area contributed by atoms with Gasteiger partial charge in [-0.2, -0.15) is 13.2 Å². The molecule has 0 radical (unpaired) electrons. The first-order chi connectivity index (χ1) is 10.5. The summed E-state index contributed by atoms with van der Waals surface area (Å²) in [4.78, 5) is 15.2. The molecule has 132 valence electrons. The van der Waals surface area contributed by atoms with Gasteiger partial charge in [-0.1, -0.05) is 13.8 Å². The van der Waals surface area contributed by atoms with Crippen LogP contribution in [0.2, 0.25) is 0 Å². The van der Waals surface area contributed by atoms with Gasteiger partial charge in [-0.15, -0.1) is 0 Å². The maximum absolute atomic E-state index is 12.7. The van der Waals surface area contributed by atoms with E-state index in [2.05, 4.69) is 15.6 Å². The monoisotopic (exact) mass is 335 g/mol. The van der Waals surface area contributed by atoms with Crippen molar-refractivity contribution in [3.05, 3.63) is 23.4 Å². The van der Waals surface area contributed by atoms with Crippen LogP contribution < -0.4 is 10.6 Å². The van der Waals surface area contributed by atoms with E-state index >= 15 is 0 Å². The van der Waals surface area contributed by atoms with Crippen molar-refractivity contribution in [3.8, 4) is 0 Å². The maximum atomic E-state index is 12.7. The second-order valence-corrected chi connectivity index (χ2v) is 5.33. The van der Waals surface area contributed by atoms with Crippen molar-refractivity contribution in [3.63, 3.8) is 0 Å². The van der Waals surface area contributed by atoms with E-state index in [1.807, 2.05) is 13.8 Å². The fourth-order valence-electron chi connectivity index (χ4n) is 1.51. The number of carbonyl (C=O) groups is 1. The van der Waals surface area contributed by atoms with Gasteiger partial charge >= 0.3 is 12.3 Å². The summed E-state index contributed by atoms with van der Waals surface area (Å²) in [5.41, 5.74) is -1.33. The molecule has 0 aliphatic rings. The first-order valence-electron chi connectivity index (χ1n) is 7.23. The fraction of sp³-hybridized carbons (Fsp3) is 0.600. The summed E-state index contributed by atoms with van der Waals surface area (Å²) in [6.07, 6.45) is -4.45. The third-order valence-corrected chi connectivity index (χ3v) is 2.35. The molecule has 1 rings (SSSR count). The van der Waals surface area contributed by atoms with E-state index in [4.69, 9.17) is 4.74 Å². The quantitative estimate of drug-likeness (QED) is 0.869. The Labute approximate surface area is 134 Å². The number of carbonyl (C=O) groups excluding carboxylic acids is 1. The molecule has 0 spiro atoms. The van der Waals surface area contributed by atoms with Gasteiger partial charge in [0.2, 0.25) is 0 Å². The lowest BCUT2D eigenvalue weighted by Crippen LogP contribution is -2.32. The molecule has 0 atom stereocenters. The molecule has 0 aromatic carbocycles. The van der Waals surface area contributed by atoms with Gasteiger partial charge in [-0.05, 0) is 26.8 Å². The van der Waals surface area contributed by atoms with Crippen molar-refractivity contribution in [1.29, 1.82) is 0 Å². The molecule has 23 heavy (non-hydrogen) atoms. The van der Waals surface area contributed by atoms with Crippen molar-refractivity contribution in [2.24, 2.45) is 0 Å². The molecule has 1 aromatic rings. The number of pyridine rings is 1. The minimum absolute atomic E-state index is 0.123. The summed E-state index contributed by atoms with van der Waals surface area (Å²) < 4.78 is 43.0. The van der Waals surface area contributed by atoms with Crippen LogP contribution in [0.3, 0.4) is 0 Å². The van der Waals surface area contributed by atoms with Crippen LogP contribution in [0.25, 0.3) is 0 Å². The summed E-state index contributed by atoms with van der Waals surface area (Å²) in [5, 5.41) is 5.08. The predicted molar refractivity (Wildman–Crippen MR) is 83.2 cm³/mol. The Balaban J connectivity index is 0.00000232. The second kappa shape index (κ2) is 8.59. The zero-order valence-electron chi connectivity index (χ0n) is 14.3. The average Bonchev–Trinajstić information content (AvgIpc) is 2.44. The number of alkyl halides is 3. The van der Waals surface area contributed by atoms with Crippen LogP contribution in [0.15, 0.2) is 12.3 Å². The number of nitrogens with zero attached hydrogens (tertiary/aromatic N) is 1. The molecule has 0 fully saturated rings. The zero-order valence-corrected chi connectivity index (χ0v) is 14.3. The highest BCUT2D eigenvalue weighted by Gasteiger charge is 2.31. The highest BCUT2D eigenvalue weighted by atomic mass is 19.4. The van der Waals surface area contributed by atoms with Crippen LogP contribution in [-0.2, 0) is 17.5 Å². The van der Waals surface area contributed by atoms with E-state index in [9.17, 15) is 18.0 Å². The Kier molecular flexibility index (Phi) is 7.85. The number of anilines is 1. The highest BCUT2D eigenvalue weighted by molar-refractivity contribution is 5.68. The van der Waals surface area contributed by atoms with Gasteiger partial charge in [0.1, 0.15) is 11.4 Å². The molecule has 0 unspecified atom stereocenters. The number of aromatic nitrogens is 1. The van der Waals surface area contributed by atoms with Gasteiger partial charge in [0.05, 0.1) is 5.56 Å². The van der Waals surface area contributed by atoms with Crippen molar-refractivity contribution >= 4 is 11.9 Å².